The first-order valence-electron chi connectivity index (χ1n) is 6.94. The lowest BCUT2D eigenvalue weighted by molar-refractivity contribution is -0.121. The van der Waals surface area contributed by atoms with Crippen molar-refractivity contribution in [1.82, 2.24) is 9.13 Å². The van der Waals surface area contributed by atoms with Crippen molar-refractivity contribution in [1.29, 1.82) is 0 Å². The van der Waals surface area contributed by atoms with Crippen molar-refractivity contribution in [2.45, 2.75) is 32.2 Å². The molecule has 2 N–H and O–H groups in total. The molecule has 1 unspecified atom stereocenters. The molecule has 1 aromatic heterocycles. The molecule has 112 valence electrons. The summed E-state index contributed by atoms with van der Waals surface area (Å²) in [4.78, 5) is 34.8. The van der Waals surface area contributed by atoms with Gasteiger partial charge in [0.1, 0.15) is 12.3 Å². The molecular formula is C15H19N3O3. The molecule has 0 radical (unpaired) electrons. The summed E-state index contributed by atoms with van der Waals surface area (Å²) in [5.41, 5.74) is 7.65. The summed E-state index contributed by atoms with van der Waals surface area (Å²) in [6, 6.07) is 4.80. The SMILES string of the molecule is CCc1cccc2c1n(C)c(=O)n2C(CCC=O)C(N)=O. The van der Waals surface area contributed by atoms with Gasteiger partial charge in [0.2, 0.25) is 5.91 Å². The van der Waals surface area contributed by atoms with Gasteiger partial charge < -0.3 is 10.5 Å². The minimum Gasteiger partial charge on any atom is -0.368 e. The Balaban J connectivity index is 2.73. The lowest BCUT2D eigenvalue weighted by Crippen LogP contribution is -2.34. The molecule has 2 rings (SSSR count). The van der Waals surface area contributed by atoms with Crippen molar-refractivity contribution >= 4 is 23.2 Å². The fourth-order valence-electron chi connectivity index (χ4n) is 2.73. The molecule has 0 aliphatic carbocycles. The van der Waals surface area contributed by atoms with Crippen LogP contribution in [0.25, 0.3) is 11.0 Å². The lowest BCUT2D eigenvalue weighted by Gasteiger charge is -2.14. The first-order valence-corrected chi connectivity index (χ1v) is 6.94. The standard InChI is InChI=1S/C15H19N3O3/c1-3-10-6-4-7-11-13(10)17(2)15(21)18(11)12(14(16)20)8-5-9-19/h4,6-7,9,12H,3,5,8H2,1-2H3,(H2,16,20). The van der Waals surface area contributed by atoms with Crippen molar-refractivity contribution in [2.24, 2.45) is 12.8 Å². The number of aryl methyl sites for hydroxylation is 2. The second kappa shape index (κ2) is 5.95. The van der Waals surface area contributed by atoms with Crippen molar-refractivity contribution in [3.05, 3.63) is 34.2 Å². The number of para-hydroxylation sites is 1. The average molecular weight is 289 g/mol. The maximum atomic E-state index is 12.5. The van der Waals surface area contributed by atoms with Crippen LogP contribution in [0, 0.1) is 0 Å². The van der Waals surface area contributed by atoms with Gasteiger partial charge in [-0.1, -0.05) is 19.1 Å². The van der Waals surface area contributed by atoms with Crippen LogP contribution in [-0.2, 0) is 23.1 Å². The number of aromatic nitrogens is 2. The Morgan fingerprint density at radius 2 is 2.14 bits per heavy atom. The van der Waals surface area contributed by atoms with Crippen LogP contribution in [0.4, 0.5) is 0 Å². The average Bonchev–Trinajstić information content (AvgIpc) is 2.72. The van der Waals surface area contributed by atoms with Gasteiger partial charge in [-0.25, -0.2) is 4.79 Å². The second-order valence-corrected chi connectivity index (χ2v) is 5.01. The zero-order chi connectivity index (χ0) is 15.6. The van der Waals surface area contributed by atoms with Crippen molar-refractivity contribution < 1.29 is 9.59 Å². The third-order valence-corrected chi connectivity index (χ3v) is 3.77. The Morgan fingerprint density at radius 3 is 2.71 bits per heavy atom. The normalized spacial score (nSPS) is 12.5. The van der Waals surface area contributed by atoms with Crippen LogP contribution >= 0.6 is 0 Å². The van der Waals surface area contributed by atoms with Crippen LogP contribution in [0.1, 0.15) is 31.4 Å². The zero-order valence-electron chi connectivity index (χ0n) is 12.2. The van der Waals surface area contributed by atoms with E-state index in [0.29, 0.717) is 5.52 Å². The van der Waals surface area contributed by atoms with Gasteiger partial charge in [-0.15, -0.1) is 0 Å². The van der Waals surface area contributed by atoms with E-state index in [1.54, 1.807) is 13.1 Å². The first kappa shape index (κ1) is 15.0. The molecule has 1 amide bonds. The Morgan fingerprint density at radius 1 is 1.43 bits per heavy atom. The van der Waals surface area contributed by atoms with Gasteiger partial charge in [0.25, 0.3) is 0 Å². The molecule has 1 heterocycles. The van der Waals surface area contributed by atoms with Crippen LogP contribution in [0.15, 0.2) is 23.0 Å². The summed E-state index contributed by atoms with van der Waals surface area (Å²) in [5.74, 6) is -0.603. The highest BCUT2D eigenvalue weighted by Crippen LogP contribution is 2.22. The highest BCUT2D eigenvalue weighted by atomic mass is 16.2. The second-order valence-electron chi connectivity index (χ2n) is 5.01. The largest absolute Gasteiger partial charge is 0.368 e. The highest BCUT2D eigenvalue weighted by molar-refractivity contribution is 5.84. The molecule has 2 aromatic rings. The van der Waals surface area contributed by atoms with E-state index < -0.39 is 11.9 Å². The molecule has 0 fully saturated rings. The van der Waals surface area contributed by atoms with E-state index >= 15 is 0 Å². The number of rotatable bonds is 6. The van der Waals surface area contributed by atoms with Crippen LogP contribution in [0.3, 0.4) is 0 Å². The summed E-state index contributed by atoms with van der Waals surface area (Å²) in [6.45, 7) is 2.01. The van der Waals surface area contributed by atoms with Gasteiger partial charge in [0.05, 0.1) is 11.0 Å². The third kappa shape index (κ3) is 2.49. The van der Waals surface area contributed by atoms with Crippen LogP contribution in [0.2, 0.25) is 0 Å². The number of nitrogens with two attached hydrogens (primary N) is 1. The lowest BCUT2D eigenvalue weighted by atomic mass is 10.1. The molecule has 6 heteroatoms. The fourth-order valence-corrected chi connectivity index (χ4v) is 2.73. The summed E-state index contributed by atoms with van der Waals surface area (Å²) in [7, 11) is 1.68. The van der Waals surface area contributed by atoms with E-state index in [2.05, 4.69) is 0 Å². The summed E-state index contributed by atoms with van der Waals surface area (Å²) >= 11 is 0. The van der Waals surface area contributed by atoms with Gasteiger partial charge in [0.15, 0.2) is 0 Å². The molecule has 6 nitrogen and oxygen atoms in total. The number of primary amides is 1. The van der Waals surface area contributed by atoms with Crippen LogP contribution < -0.4 is 11.4 Å². The summed E-state index contributed by atoms with van der Waals surface area (Å²) in [6.07, 6.45) is 1.92. The zero-order valence-corrected chi connectivity index (χ0v) is 12.2. The predicted octanol–water partition coefficient (Wildman–Crippen LogP) is 0.908. The monoisotopic (exact) mass is 289 g/mol. The maximum absolute atomic E-state index is 12.5. The quantitative estimate of drug-likeness (QED) is 0.802. The van der Waals surface area contributed by atoms with Crippen molar-refractivity contribution in [2.75, 3.05) is 0 Å². The number of imidazole rings is 1. The minimum atomic E-state index is -0.807. The molecule has 0 aliphatic rings. The molecule has 0 bridgehead atoms. The number of carbonyl (C=O) groups excluding carboxylic acids is 2. The predicted molar refractivity (Wildman–Crippen MR) is 80.1 cm³/mol. The highest BCUT2D eigenvalue weighted by Gasteiger charge is 2.24. The molecule has 1 aromatic carbocycles. The Kier molecular flexibility index (Phi) is 4.26. The van der Waals surface area contributed by atoms with Gasteiger partial charge in [0, 0.05) is 13.5 Å². The van der Waals surface area contributed by atoms with Crippen molar-refractivity contribution in [3.8, 4) is 0 Å². The van der Waals surface area contributed by atoms with E-state index in [0.717, 1.165) is 23.8 Å². The number of amides is 1. The number of aldehydes is 1. The van der Waals surface area contributed by atoms with E-state index in [1.807, 2.05) is 19.1 Å². The van der Waals surface area contributed by atoms with E-state index in [-0.39, 0.29) is 18.5 Å². The van der Waals surface area contributed by atoms with Crippen LogP contribution in [0.5, 0.6) is 0 Å². The number of fused-ring (bicyclic) bond motifs is 1. The van der Waals surface area contributed by atoms with E-state index in [9.17, 15) is 14.4 Å². The summed E-state index contributed by atoms with van der Waals surface area (Å²) in [5, 5.41) is 0. The fraction of sp³-hybridized carbons (Fsp3) is 0.400. The first-order chi connectivity index (χ1) is 10.0. The molecule has 0 aliphatic heterocycles. The van der Waals surface area contributed by atoms with Crippen molar-refractivity contribution in [3.63, 3.8) is 0 Å². The number of hydrogen-bond acceptors (Lipinski definition) is 3. The van der Waals surface area contributed by atoms with Crippen LogP contribution in [-0.4, -0.2) is 21.3 Å². The Hall–Kier alpha value is -2.37. The molecule has 0 saturated heterocycles. The van der Waals surface area contributed by atoms with Gasteiger partial charge >= 0.3 is 5.69 Å². The number of hydrogen-bond donors (Lipinski definition) is 1. The molecular weight excluding hydrogens is 270 g/mol. The van der Waals surface area contributed by atoms with E-state index in [1.165, 1.54) is 9.13 Å². The molecule has 21 heavy (non-hydrogen) atoms. The third-order valence-electron chi connectivity index (χ3n) is 3.77. The number of benzene rings is 1. The Bertz CT molecular complexity index is 742. The topological polar surface area (TPSA) is 87.1 Å². The molecule has 0 saturated carbocycles. The van der Waals surface area contributed by atoms with E-state index in [4.69, 9.17) is 5.73 Å². The van der Waals surface area contributed by atoms with Gasteiger partial charge in [-0.3, -0.25) is 13.9 Å². The molecule has 0 spiro atoms. The van der Waals surface area contributed by atoms with Gasteiger partial charge in [-0.2, -0.15) is 0 Å². The maximum Gasteiger partial charge on any atom is 0.329 e. The number of carbonyl (C=O) groups is 2. The Labute approximate surface area is 122 Å². The smallest absolute Gasteiger partial charge is 0.329 e. The summed E-state index contributed by atoms with van der Waals surface area (Å²) < 4.78 is 2.94. The van der Waals surface area contributed by atoms with Gasteiger partial charge in [-0.05, 0) is 24.5 Å². The minimum absolute atomic E-state index is 0.184. The molecule has 1 atom stereocenters. The number of nitrogens with zero attached hydrogens (tertiary/aromatic N) is 2.